The maximum Gasteiger partial charge on any atom is 0.226 e. The molecule has 6 aliphatic heterocycles. The van der Waals surface area contributed by atoms with Gasteiger partial charge >= 0.3 is 0 Å². The number of hydrogen-bond donors (Lipinski definition) is 2. The molecule has 6 aliphatic rings. The Morgan fingerprint density at radius 3 is 1.23 bits per heavy atom. The van der Waals surface area contributed by atoms with Gasteiger partial charge in [-0.3, -0.25) is 19.4 Å². The predicted molar refractivity (Wildman–Crippen MR) is 213 cm³/mol. The van der Waals surface area contributed by atoms with E-state index in [-0.39, 0.29) is 34.9 Å². The summed E-state index contributed by atoms with van der Waals surface area (Å²) in [5.74, 6) is 3.78. The van der Waals surface area contributed by atoms with E-state index in [1.807, 2.05) is 48.5 Å². The molecule has 2 N–H and O–H groups in total. The first-order valence-corrected chi connectivity index (χ1v) is 20.4. The first-order valence-electron chi connectivity index (χ1n) is 20.4. The Balaban J connectivity index is 0.000000146. The second-order valence-corrected chi connectivity index (χ2v) is 16.3. The van der Waals surface area contributed by atoms with Crippen LogP contribution < -0.4 is 29.6 Å². The van der Waals surface area contributed by atoms with Crippen LogP contribution in [0.3, 0.4) is 0 Å². The number of fused-ring (bicyclic) bond motifs is 2. The van der Waals surface area contributed by atoms with E-state index in [0.717, 1.165) is 125 Å². The number of carbonyl (C=O) groups is 2. The minimum atomic E-state index is -0.0883. The molecule has 0 bridgehead atoms. The highest BCUT2D eigenvalue weighted by atomic mass is 16.6. The van der Waals surface area contributed by atoms with Gasteiger partial charge in [0.05, 0.1) is 10.8 Å². The van der Waals surface area contributed by atoms with Crippen molar-refractivity contribution in [2.75, 3.05) is 52.5 Å². The minimum absolute atomic E-state index is 0.0697. The van der Waals surface area contributed by atoms with Crippen LogP contribution in [0.1, 0.15) is 73.0 Å². The minimum Gasteiger partial charge on any atom is -0.485 e. The van der Waals surface area contributed by atoms with Gasteiger partial charge in [-0.1, -0.05) is 72.8 Å². The van der Waals surface area contributed by atoms with Crippen molar-refractivity contribution in [2.24, 2.45) is 10.8 Å². The Morgan fingerprint density at radius 2 is 0.875 bits per heavy atom. The molecule has 4 aromatic carbocycles. The molecule has 4 saturated heterocycles. The van der Waals surface area contributed by atoms with Gasteiger partial charge in [0.15, 0.2) is 35.2 Å². The number of amides is 2. The Labute approximate surface area is 329 Å². The van der Waals surface area contributed by atoms with Crippen molar-refractivity contribution in [1.29, 1.82) is 0 Å². The van der Waals surface area contributed by atoms with E-state index in [0.29, 0.717) is 13.2 Å². The van der Waals surface area contributed by atoms with Gasteiger partial charge in [-0.15, -0.1) is 0 Å². The molecular formula is C46H52N4O6. The van der Waals surface area contributed by atoms with Crippen LogP contribution in [0.15, 0.2) is 97.1 Å². The molecule has 10 rings (SSSR count). The van der Waals surface area contributed by atoms with E-state index in [1.165, 1.54) is 11.1 Å². The average molecular weight is 757 g/mol. The zero-order valence-electron chi connectivity index (χ0n) is 32.0. The third-order valence-electron chi connectivity index (χ3n) is 12.9. The summed E-state index contributed by atoms with van der Waals surface area (Å²) in [5.41, 5.74) is 4.70. The molecule has 0 unspecified atom stereocenters. The monoisotopic (exact) mass is 756 g/mol. The van der Waals surface area contributed by atoms with Crippen molar-refractivity contribution in [3.8, 4) is 23.0 Å². The van der Waals surface area contributed by atoms with Crippen LogP contribution in [0.25, 0.3) is 0 Å². The maximum absolute atomic E-state index is 12.1. The summed E-state index contributed by atoms with van der Waals surface area (Å²) in [6.07, 6.45) is 5.77. The number of piperidine rings is 2. The number of hydrogen-bond acceptors (Lipinski definition) is 8. The molecule has 4 aromatic rings. The zero-order valence-corrected chi connectivity index (χ0v) is 32.0. The third-order valence-corrected chi connectivity index (χ3v) is 12.9. The van der Waals surface area contributed by atoms with Crippen molar-refractivity contribution in [2.45, 2.75) is 63.8 Å². The summed E-state index contributed by atoms with van der Waals surface area (Å²) < 4.78 is 23.9. The van der Waals surface area contributed by atoms with Crippen LogP contribution in [0.2, 0.25) is 0 Å². The zero-order chi connectivity index (χ0) is 38.0. The summed E-state index contributed by atoms with van der Waals surface area (Å²) in [6, 6.07) is 32.9. The second-order valence-electron chi connectivity index (χ2n) is 16.3. The highest BCUT2D eigenvalue weighted by Crippen LogP contribution is 2.41. The standard InChI is InChI=1S/2C23H26N2O3/c2*26-22-23(9-12-24-22)10-13-25(14-11-23)15-17-5-7-18(8-6-17)21-16-27-19-3-1-2-4-20(19)28-21/h2*1-8,21H,9-16H2,(H,24,26)/t2*21-/m10/s1. The number of nitrogens with one attached hydrogen (secondary N) is 2. The van der Waals surface area contributed by atoms with Crippen molar-refractivity contribution >= 4 is 11.8 Å². The fourth-order valence-corrected chi connectivity index (χ4v) is 9.22. The summed E-state index contributed by atoms with van der Waals surface area (Å²) in [6.45, 7) is 8.59. The lowest BCUT2D eigenvalue weighted by Crippen LogP contribution is -2.43. The van der Waals surface area contributed by atoms with Gasteiger partial charge < -0.3 is 29.6 Å². The molecule has 0 aliphatic carbocycles. The molecule has 0 radical (unpaired) electrons. The van der Waals surface area contributed by atoms with E-state index in [1.54, 1.807) is 0 Å². The number of likely N-dealkylation sites (tertiary alicyclic amines) is 2. The third kappa shape index (κ3) is 7.69. The van der Waals surface area contributed by atoms with Gasteiger partial charge in [0.1, 0.15) is 13.2 Å². The van der Waals surface area contributed by atoms with Crippen LogP contribution >= 0.6 is 0 Å². The lowest BCUT2D eigenvalue weighted by molar-refractivity contribution is -0.130. The maximum atomic E-state index is 12.1. The van der Waals surface area contributed by atoms with E-state index >= 15 is 0 Å². The summed E-state index contributed by atoms with van der Waals surface area (Å²) in [4.78, 5) is 29.2. The van der Waals surface area contributed by atoms with E-state index in [2.05, 4.69) is 69.0 Å². The Hall–Kier alpha value is -5.06. The van der Waals surface area contributed by atoms with Crippen LogP contribution in [-0.4, -0.2) is 74.1 Å². The van der Waals surface area contributed by atoms with E-state index in [4.69, 9.17) is 18.9 Å². The largest absolute Gasteiger partial charge is 0.485 e. The van der Waals surface area contributed by atoms with E-state index < -0.39 is 0 Å². The van der Waals surface area contributed by atoms with Crippen LogP contribution in [-0.2, 0) is 22.7 Å². The highest BCUT2D eigenvalue weighted by molar-refractivity contribution is 5.85. The fraction of sp³-hybridized carbons (Fsp3) is 0.435. The van der Waals surface area contributed by atoms with Crippen LogP contribution in [0, 0.1) is 10.8 Å². The SMILES string of the molecule is O=C1NCCC12CCN(Cc1ccc([C@@H]3COc4ccccc4O3)cc1)CC2.O=C1NCCC12CCN(Cc1ccc([C@H]3COc4ccccc4O3)cc1)CC2. The van der Waals surface area contributed by atoms with Crippen molar-refractivity contribution in [3.05, 3.63) is 119 Å². The molecular weight excluding hydrogens is 705 g/mol. The van der Waals surface area contributed by atoms with Crippen LogP contribution in [0.4, 0.5) is 0 Å². The number of nitrogens with zero attached hydrogens (tertiary/aromatic N) is 2. The molecule has 2 amide bonds. The molecule has 0 saturated carbocycles. The van der Waals surface area contributed by atoms with Gasteiger partial charge in [0, 0.05) is 26.2 Å². The predicted octanol–water partition coefficient (Wildman–Crippen LogP) is 6.60. The molecule has 10 heteroatoms. The lowest BCUT2D eigenvalue weighted by Gasteiger charge is -2.37. The molecule has 6 heterocycles. The molecule has 292 valence electrons. The highest BCUT2D eigenvalue weighted by Gasteiger charge is 2.45. The molecule has 4 fully saturated rings. The molecule has 2 spiro atoms. The van der Waals surface area contributed by atoms with Gasteiger partial charge in [-0.2, -0.15) is 0 Å². The second kappa shape index (κ2) is 15.8. The van der Waals surface area contributed by atoms with Gasteiger partial charge in [0.2, 0.25) is 11.8 Å². The number of carbonyl (C=O) groups excluding carboxylic acids is 2. The summed E-state index contributed by atoms with van der Waals surface area (Å²) >= 11 is 0. The van der Waals surface area contributed by atoms with Gasteiger partial charge in [-0.05, 0) is 111 Å². The van der Waals surface area contributed by atoms with Gasteiger partial charge in [-0.25, -0.2) is 0 Å². The Morgan fingerprint density at radius 1 is 0.500 bits per heavy atom. The molecule has 2 atom stereocenters. The fourth-order valence-electron chi connectivity index (χ4n) is 9.22. The first kappa shape index (κ1) is 36.6. The van der Waals surface area contributed by atoms with Crippen molar-refractivity contribution in [3.63, 3.8) is 0 Å². The summed E-state index contributed by atoms with van der Waals surface area (Å²) in [5, 5.41) is 6.02. The van der Waals surface area contributed by atoms with E-state index in [9.17, 15) is 9.59 Å². The Kier molecular flexibility index (Phi) is 10.3. The molecule has 0 aromatic heterocycles. The Bertz CT molecular complexity index is 1860. The molecule has 56 heavy (non-hydrogen) atoms. The average Bonchev–Trinajstić information content (AvgIpc) is 3.79. The topological polar surface area (TPSA) is 102 Å². The number of para-hydroxylation sites is 4. The smallest absolute Gasteiger partial charge is 0.226 e. The lowest BCUT2D eigenvalue weighted by atomic mass is 9.77. The summed E-state index contributed by atoms with van der Waals surface area (Å²) in [7, 11) is 0. The number of benzene rings is 4. The van der Waals surface area contributed by atoms with Crippen LogP contribution in [0.5, 0.6) is 23.0 Å². The first-order chi connectivity index (χ1) is 27.4. The van der Waals surface area contributed by atoms with Crippen molar-refractivity contribution in [1.82, 2.24) is 20.4 Å². The number of ether oxygens (including phenoxy) is 4. The van der Waals surface area contributed by atoms with Crippen molar-refractivity contribution < 1.29 is 28.5 Å². The quantitative estimate of drug-likeness (QED) is 0.227. The molecule has 10 nitrogen and oxygen atoms in total. The normalized spacial score (nSPS) is 23.6. The van der Waals surface area contributed by atoms with Gasteiger partial charge in [0.25, 0.3) is 0 Å². The number of rotatable bonds is 6.